The van der Waals surface area contributed by atoms with Crippen molar-refractivity contribution in [2.75, 3.05) is 19.0 Å². The molecule has 0 radical (unpaired) electrons. The molecule has 0 amide bonds. The van der Waals surface area contributed by atoms with Crippen LogP contribution in [0.1, 0.15) is 48.3 Å². The summed E-state index contributed by atoms with van der Waals surface area (Å²) in [5, 5.41) is 4.14. The molecule has 8 heteroatoms. The van der Waals surface area contributed by atoms with Crippen molar-refractivity contribution in [3.05, 3.63) is 65.9 Å². The molecule has 3 rings (SSSR count). The summed E-state index contributed by atoms with van der Waals surface area (Å²) in [6, 6.07) is 9.39. The summed E-state index contributed by atoms with van der Waals surface area (Å²) in [5.41, 5.74) is 3.99. The number of fused-ring (bicyclic) bond motifs is 1. The van der Waals surface area contributed by atoms with Crippen molar-refractivity contribution in [3.8, 4) is 0 Å². The third-order valence-electron chi connectivity index (χ3n) is 5.07. The monoisotopic (exact) mass is 430 g/mol. The number of methoxy groups -OCH3 is 1. The number of hydrogen-bond donors (Lipinski definition) is 1. The van der Waals surface area contributed by atoms with Crippen LogP contribution in [-0.4, -0.2) is 47.1 Å². The summed E-state index contributed by atoms with van der Waals surface area (Å²) < 4.78 is 4.90. The van der Waals surface area contributed by atoms with E-state index in [0.29, 0.717) is 23.8 Å². The van der Waals surface area contributed by atoms with Gasteiger partial charge in [-0.1, -0.05) is 25.1 Å². The molecule has 1 atom stereocenters. The lowest BCUT2D eigenvalue weighted by Gasteiger charge is -2.16. The molecule has 0 aliphatic rings. The van der Waals surface area contributed by atoms with Crippen LogP contribution in [0.4, 0.5) is 5.82 Å². The number of anilines is 1. The van der Waals surface area contributed by atoms with E-state index >= 15 is 0 Å². The lowest BCUT2D eigenvalue weighted by Crippen LogP contribution is -2.12. The molecular formula is C24H26N6O2. The fourth-order valence-electron chi connectivity index (χ4n) is 3.22. The summed E-state index contributed by atoms with van der Waals surface area (Å²) in [6.45, 7) is 9.88. The van der Waals surface area contributed by atoms with E-state index < -0.39 is 0 Å². The number of benzene rings is 1. The van der Waals surface area contributed by atoms with Crippen molar-refractivity contribution in [2.45, 2.75) is 26.7 Å². The number of amidine groups is 1. The average Bonchev–Trinajstić information content (AvgIpc) is 2.84. The van der Waals surface area contributed by atoms with Crippen LogP contribution in [0.25, 0.3) is 16.5 Å². The van der Waals surface area contributed by atoms with E-state index in [1.807, 2.05) is 31.2 Å². The Hall–Kier alpha value is -3.94. The zero-order chi connectivity index (χ0) is 23.1. The minimum Gasteiger partial charge on any atom is -0.465 e. The number of pyridine rings is 1. The van der Waals surface area contributed by atoms with Gasteiger partial charge in [-0.05, 0) is 37.8 Å². The van der Waals surface area contributed by atoms with E-state index in [1.54, 1.807) is 25.4 Å². The molecule has 0 aliphatic heterocycles. The highest BCUT2D eigenvalue weighted by atomic mass is 16.5. The summed E-state index contributed by atoms with van der Waals surface area (Å²) in [6.07, 6.45) is 4.86. The van der Waals surface area contributed by atoms with E-state index in [-0.39, 0.29) is 11.9 Å². The SMILES string of the molecule is C=NC(C)=N/C=C(\C)c1cc(NC[C@@H](C)c2cccc3c(C(=O)OC)ccnc23)ncn1. The molecule has 8 nitrogen and oxygen atoms in total. The normalized spacial score (nSPS) is 13.0. The van der Waals surface area contributed by atoms with Gasteiger partial charge in [0.25, 0.3) is 0 Å². The molecule has 0 aliphatic carbocycles. The van der Waals surface area contributed by atoms with E-state index in [1.165, 1.54) is 13.4 Å². The number of rotatable bonds is 7. The van der Waals surface area contributed by atoms with Gasteiger partial charge in [0.15, 0.2) is 0 Å². The Kier molecular flexibility index (Phi) is 7.38. The molecule has 0 saturated carbocycles. The van der Waals surface area contributed by atoms with E-state index in [4.69, 9.17) is 4.74 Å². The average molecular weight is 431 g/mol. The number of ether oxygens (including phenoxy) is 1. The summed E-state index contributed by atoms with van der Waals surface area (Å²) >= 11 is 0. The maximum atomic E-state index is 12.1. The Labute approximate surface area is 187 Å². The highest BCUT2D eigenvalue weighted by molar-refractivity contribution is 6.04. The third-order valence-corrected chi connectivity index (χ3v) is 5.07. The van der Waals surface area contributed by atoms with Crippen molar-refractivity contribution < 1.29 is 9.53 Å². The first kappa shape index (κ1) is 22.7. The first-order chi connectivity index (χ1) is 15.4. The topological polar surface area (TPSA) is 102 Å². The minimum absolute atomic E-state index is 0.111. The predicted molar refractivity (Wildman–Crippen MR) is 128 cm³/mol. The Bertz CT molecular complexity index is 1200. The van der Waals surface area contributed by atoms with Crippen molar-refractivity contribution in [3.63, 3.8) is 0 Å². The molecular weight excluding hydrogens is 404 g/mol. The molecule has 0 saturated heterocycles. The number of nitrogens with zero attached hydrogens (tertiary/aromatic N) is 5. The van der Waals surface area contributed by atoms with Crippen molar-refractivity contribution in [1.29, 1.82) is 0 Å². The molecule has 2 heterocycles. The number of nitrogens with one attached hydrogen (secondary N) is 1. The lowest BCUT2D eigenvalue weighted by molar-refractivity contribution is 0.0603. The largest absolute Gasteiger partial charge is 0.465 e. The molecule has 1 N–H and O–H groups in total. The molecule has 0 unspecified atom stereocenters. The second-order valence-corrected chi connectivity index (χ2v) is 7.31. The number of para-hydroxylation sites is 1. The van der Waals surface area contributed by atoms with E-state index in [0.717, 1.165) is 27.7 Å². The van der Waals surface area contributed by atoms with Gasteiger partial charge in [-0.2, -0.15) is 0 Å². The molecule has 0 fully saturated rings. The van der Waals surface area contributed by atoms with Gasteiger partial charge in [-0.15, -0.1) is 0 Å². The van der Waals surface area contributed by atoms with Gasteiger partial charge < -0.3 is 10.1 Å². The fraction of sp³-hybridized carbons (Fsp3) is 0.250. The molecule has 0 spiro atoms. The van der Waals surface area contributed by atoms with Crippen molar-refractivity contribution in [1.82, 2.24) is 15.0 Å². The van der Waals surface area contributed by atoms with E-state index in [2.05, 4.69) is 43.9 Å². The molecule has 1 aromatic carbocycles. The third kappa shape index (κ3) is 5.21. The zero-order valence-corrected chi connectivity index (χ0v) is 18.7. The minimum atomic E-state index is -0.374. The summed E-state index contributed by atoms with van der Waals surface area (Å²) in [7, 11) is 1.38. The van der Waals surface area contributed by atoms with Gasteiger partial charge in [-0.25, -0.2) is 24.7 Å². The van der Waals surface area contributed by atoms with Gasteiger partial charge >= 0.3 is 5.97 Å². The fourth-order valence-corrected chi connectivity index (χ4v) is 3.22. The first-order valence-corrected chi connectivity index (χ1v) is 10.1. The van der Waals surface area contributed by atoms with Crippen LogP contribution in [0.3, 0.4) is 0 Å². The Morgan fingerprint density at radius 1 is 1.25 bits per heavy atom. The van der Waals surface area contributed by atoms with Crippen LogP contribution >= 0.6 is 0 Å². The maximum absolute atomic E-state index is 12.1. The number of allylic oxidation sites excluding steroid dienone is 1. The second-order valence-electron chi connectivity index (χ2n) is 7.31. The molecule has 164 valence electrons. The molecule has 32 heavy (non-hydrogen) atoms. The predicted octanol–water partition coefficient (Wildman–Crippen LogP) is 4.51. The quantitative estimate of drug-likeness (QED) is 0.336. The van der Waals surface area contributed by atoms with Gasteiger partial charge in [0.2, 0.25) is 0 Å². The van der Waals surface area contributed by atoms with Gasteiger partial charge in [0.1, 0.15) is 18.0 Å². The number of aromatic nitrogens is 3. The van der Waals surface area contributed by atoms with Gasteiger partial charge in [-0.3, -0.25) is 4.98 Å². The Morgan fingerprint density at radius 2 is 2.06 bits per heavy atom. The Morgan fingerprint density at radius 3 is 2.81 bits per heavy atom. The van der Waals surface area contributed by atoms with Crippen LogP contribution in [-0.2, 0) is 4.74 Å². The number of esters is 1. The van der Waals surface area contributed by atoms with Crippen molar-refractivity contribution >= 4 is 40.8 Å². The molecule has 2 aromatic heterocycles. The second kappa shape index (κ2) is 10.4. The van der Waals surface area contributed by atoms with Crippen LogP contribution in [0, 0.1) is 0 Å². The van der Waals surface area contributed by atoms with Gasteiger partial charge in [0, 0.05) is 36.3 Å². The van der Waals surface area contributed by atoms with Crippen LogP contribution in [0.15, 0.2) is 59.0 Å². The highest BCUT2D eigenvalue weighted by Crippen LogP contribution is 2.27. The lowest BCUT2D eigenvalue weighted by atomic mass is 9.96. The number of carbonyl (C=O) groups excluding carboxylic acids is 1. The number of hydrogen-bond acceptors (Lipinski definition) is 7. The van der Waals surface area contributed by atoms with Crippen molar-refractivity contribution in [2.24, 2.45) is 9.98 Å². The highest BCUT2D eigenvalue weighted by Gasteiger charge is 2.16. The zero-order valence-electron chi connectivity index (χ0n) is 18.7. The number of carbonyl (C=O) groups is 1. The van der Waals surface area contributed by atoms with E-state index in [9.17, 15) is 4.79 Å². The summed E-state index contributed by atoms with van der Waals surface area (Å²) in [4.78, 5) is 33.3. The van der Waals surface area contributed by atoms with Gasteiger partial charge in [0.05, 0.1) is 23.9 Å². The van der Waals surface area contributed by atoms with Crippen LogP contribution in [0.2, 0.25) is 0 Å². The summed E-state index contributed by atoms with van der Waals surface area (Å²) in [5.74, 6) is 1.03. The molecule has 0 bridgehead atoms. The smallest absolute Gasteiger partial charge is 0.338 e. The Balaban J connectivity index is 1.79. The maximum Gasteiger partial charge on any atom is 0.338 e. The van der Waals surface area contributed by atoms with Crippen LogP contribution in [0.5, 0.6) is 0 Å². The first-order valence-electron chi connectivity index (χ1n) is 10.1. The number of aliphatic imine (C=N–C) groups is 2. The standard InChI is InChI=1S/C24H26N6O2/c1-15(18-7-6-8-19-20(24(31)32-5)9-10-26-23(18)19)12-28-22-11-21(29-14-30-22)16(2)13-27-17(3)25-4/h6-11,13-15H,4,12H2,1-3,5H3,(H,28,29,30)/b16-13+,27-17?/t15-/m1/s1. The molecule has 3 aromatic rings. The van der Waals surface area contributed by atoms with Crippen LogP contribution < -0.4 is 5.32 Å².